The van der Waals surface area contributed by atoms with Crippen molar-refractivity contribution in [2.75, 3.05) is 27.1 Å². The highest BCUT2D eigenvalue weighted by Crippen LogP contribution is 2.36. The molecule has 1 saturated heterocycles. The monoisotopic (exact) mass is 623 g/mol. The van der Waals surface area contributed by atoms with Crippen molar-refractivity contribution in [2.45, 2.75) is 77.2 Å². The Bertz CT molecular complexity index is 1340. The first-order valence-corrected chi connectivity index (χ1v) is 15.4. The number of nitrogens with two attached hydrogens (primary N) is 1. The molecule has 2 aliphatic rings. The fraction of sp³-hybridized carbons (Fsp3) is 0.486. The molecule has 2 N–H and O–H groups in total. The van der Waals surface area contributed by atoms with E-state index < -0.39 is 42.1 Å². The van der Waals surface area contributed by atoms with Crippen LogP contribution in [0, 0.1) is 5.92 Å². The molecule has 0 spiro atoms. The molecular weight excluding hydrogens is 578 g/mol. The van der Waals surface area contributed by atoms with Crippen LogP contribution in [0.3, 0.4) is 0 Å². The molecule has 45 heavy (non-hydrogen) atoms. The van der Waals surface area contributed by atoms with E-state index in [0.29, 0.717) is 36.4 Å². The van der Waals surface area contributed by atoms with Crippen molar-refractivity contribution in [3.05, 3.63) is 77.4 Å². The smallest absolute Gasteiger partial charge is 0.342 e. The van der Waals surface area contributed by atoms with Crippen LogP contribution in [0.1, 0.15) is 73.2 Å². The summed E-state index contributed by atoms with van der Waals surface area (Å²) in [6.45, 7) is 8.36. The highest BCUT2D eigenvalue weighted by molar-refractivity contribution is 5.97. The maximum absolute atomic E-state index is 13.7. The number of methoxy groups -OCH3 is 1. The third-order valence-electron chi connectivity index (χ3n) is 7.61. The molecule has 10 heteroatoms. The molecule has 4 rings (SSSR count). The molecule has 10 nitrogen and oxygen atoms in total. The van der Waals surface area contributed by atoms with E-state index in [4.69, 9.17) is 38.9 Å². The lowest BCUT2D eigenvalue weighted by Crippen LogP contribution is -2.37. The first-order chi connectivity index (χ1) is 21.6. The van der Waals surface area contributed by atoms with Crippen molar-refractivity contribution in [1.82, 2.24) is 0 Å². The third-order valence-corrected chi connectivity index (χ3v) is 7.61. The number of benzene rings is 2. The minimum atomic E-state index is -0.913. The minimum Gasteiger partial charge on any atom is -0.493 e. The first kappa shape index (κ1) is 34.2. The van der Waals surface area contributed by atoms with Crippen LogP contribution < -0.4 is 15.2 Å². The molecule has 2 aromatic carbocycles. The third kappa shape index (κ3) is 9.40. The number of fused-ring (bicyclic) bond motifs is 2. The maximum atomic E-state index is 13.7. The number of unbranched alkanes of at least 4 members (excludes halogenated alkanes) is 1. The second-order valence-corrected chi connectivity index (χ2v) is 11.6. The standard InChI is InChI=1S/C35H45NO9/c1-23-16-17-28(43-33(37)25-12-7-6-8-13-25)32-29(44-35(3,4)45-32)15-11-14-26-20-27(40-19-10-9-18-36)21-30(41-22-39-5)31(26)34(38)42-24(23)2/h6-8,11-14,16-17,20-21,23-24,28-29,32H,9-10,15,18-19,22,36H2,1-5H3/b14-11?,17-16-/t23-,24+,28?,29+,32-/m1/s1. The van der Waals surface area contributed by atoms with E-state index in [1.54, 1.807) is 42.5 Å². The van der Waals surface area contributed by atoms with Gasteiger partial charge >= 0.3 is 11.9 Å². The Morgan fingerprint density at radius 1 is 1.04 bits per heavy atom. The van der Waals surface area contributed by atoms with Gasteiger partial charge in [0.15, 0.2) is 12.6 Å². The van der Waals surface area contributed by atoms with Crippen molar-refractivity contribution >= 4 is 18.0 Å². The Balaban J connectivity index is 1.72. The summed E-state index contributed by atoms with van der Waals surface area (Å²) in [5.74, 6) is -1.36. The van der Waals surface area contributed by atoms with E-state index in [1.807, 2.05) is 52.0 Å². The van der Waals surface area contributed by atoms with Crippen LogP contribution in [0.2, 0.25) is 0 Å². The van der Waals surface area contributed by atoms with Gasteiger partial charge in [-0.25, -0.2) is 9.59 Å². The average Bonchev–Trinajstić information content (AvgIpc) is 3.33. The fourth-order valence-corrected chi connectivity index (χ4v) is 5.13. The van der Waals surface area contributed by atoms with E-state index in [-0.39, 0.29) is 24.0 Å². The van der Waals surface area contributed by atoms with Gasteiger partial charge < -0.3 is 38.9 Å². The van der Waals surface area contributed by atoms with E-state index in [2.05, 4.69) is 0 Å². The lowest BCUT2D eigenvalue weighted by Gasteiger charge is -2.25. The first-order valence-electron chi connectivity index (χ1n) is 15.4. The number of hydrogen-bond donors (Lipinski definition) is 1. The Morgan fingerprint density at radius 2 is 1.82 bits per heavy atom. The van der Waals surface area contributed by atoms with Crippen LogP contribution >= 0.6 is 0 Å². The van der Waals surface area contributed by atoms with Crippen LogP contribution in [-0.2, 0) is 23.7 Å². The van der Waals surface area contributed by atoms with Crippen LogP contribution in [0.4, 0.5) is 0 Å². The predicted octanol–water partition coefficient (Wildman–Crippen LogP) is 5.69. The highest BCUT2D eigenvalue weighted by Gasteiger charge is 2.45. The molecule has 2 aromatic rings. The molecule has 0 saturated carbocycles. The number of cyclic esters (lactones) is 1. The van der Waals surface area contributed by atoms with Crippen molar-refractivity contribution in [2.24, 2.45) is 11.7 Å². The molecule has 0 aromatic heterocycles. The van der Waals surface area contributed by atoms with E-state index in [9.17, 15) is 9.59 Å². The zero-order chi connectivity index (χ0) is 32.4. The van der Waals surface area contributed by atoms with Gasteiger partial charge in [0, 0.05) is 19.1 Å². The number of rotatable bonds is 10. The van der Waals surface area contributed by atoms with Gasteiger partial charge in [-0.3, -0.25) is 0 Å². The number of hydrogen-bond acceptors (Lipinski definition) is 10. The molecule has 0 radical (unpaired) electrons. The molecule has 0 bridgehead atoms. The second-order valence-electron chi connectivity index (χ2n) is 11.6. The molecular formula is C35H45NO9. The molecule has 1 fully saturated rings. The van der Waals surface area contributed by atoms with Gasteiger partial charge in [0.25, 0.3) is 0 Å². The van der Waals surface area contributed by atoms with Crippen molar-refractivity contribution in [3.8, 4) is 11.5 Å². The molecule has 2 aliphatic heterocycles. The van der Waals surface area contributed by atoms with E-state index in [0.717, 1.165) is 12.8 Å². The number of carbonyl (C=O) groups excluding carboxylic acids is 2. The molecule has 5 atom stereocenters. The molecule has 1 unspecified atom stereocenters. The Kier molecular flexibility index (Phi) is 12.2. The van der Waals surface area contributed by atoms with Gasteiger partial charge in [-0.1, -0.05) is 43.4 Å². The zero-order valence-electron chi connectivity index (χ0n) is 26.7. The van der Waals surface area contributed by atoms with Crippen molar-refractivity contribution in [1.29, 1.82) is 0 Å². The van der Waals surface area contributed by atoms with Gasteiger partial charge in [0.1, 0.15) is 35.4 Å². The zero-order valence-corrected chi connectivity index (χ0v) is 26.7. The fourth-order valence-electron chi connectivity index (χ4n) is 5.13. The minimum absolute atomic E-state index is 0.0676. The number of ether oxygens (including phenoxy) is 7. The normalized spacial score (nSPS) is 25.3. The van der Waals surface area contributed by atoms with Crippen LogP contribution in [0.5, 0.6) is 11.5 Å². The summed E-state index contributed by atoms with van der Waals surface area (Å²) < 4.78 is 41.6. The summed E-state index contributed by atoms with van der Waals surface area (Å²) >= 11 is 0. The average molecular weight is 624 g/mol. The summed E-state index contributed by atoms with van der Waals surface area (Å²) in [4.78, 5) is 26.8. The topological polar surface area (TPSA) is 125 Å². The largest absolute Gasteiger partial charge is 0.493 e. The quantitative estimate of drug-likeness (QED) is 0.153. The SMILES string of the molecule is COCOc1cc(OCCCCN)cc2c1C(=O)O[C@@H](C)[C@H](C)/C=C\C(OC(=O)c1ccccc1)[C@H]1OC(C)(C)O[C@H]1CC=C2. The van der Waals surface area contributed by atoms with Crippen molar-refractivity contribution < 1.29 is 42.7 Å². The number of carbonyl (C=O) groups is 2. The summed E-state index contributed by atoms with van der Waals surface area (Å²) in [5.41, 5.74) is 6.87. The Labute approximate surface area is 265 Å². The van der Waals surface area contributed by atoms with Gasteiger partial charge in [0.2, 0.25) is 0 Å². The molecule has 244 valence electrons. The second kappa shape index (κ2) is 16.0. The summed E-state index contributed by atoms with van der Waals surface area (Å²) in [5, 5.41) is 0. The summed E-state index contributed by atoms with van der Waals surface area (Å²) in [7, 11) is 1.51. The Morgan fingerprint density at radius 3 is 2.56 bits per heavy atom. The molecule has 0 aliphatic carbocycles. The Hall–Kier alpha value is -3.70. The lowest BCUT2D eigenvalue weighted by atomic mass is 9.98. The van der Waals surface area contributed by atoms with Crippen molar-refractivity contribution in [3.63, 3.8) is 0 Å². The molecule has 2 heterocycles. The molecule has 0 amide bonds. The summed E-state index contributed by atoms with van der Waals surface area (Å²) in [6, 6.07) is 12.3. The van der Waals surface area contributed by atoms with Crippen LogP contribution in [0.25, 0.3) is 6.08 Å². The van der Waals surface area contributed by atoms with Gasteiger partial charge in [-0.05, 0) is 76.4 Å². The number of esters is 2. The lowest BCUT2D eigenvalue weighted by molar-refractivity contribution is -0.152. The van der Waals surface area contributed by atoms with Crippen LogP contribution in [-0.4, -0.2) is 69.2 Å². The predicted molar refractivity (Wildman–Crippen MR) is 169 cm³/mol. The van der Waals surface area contributed by atoms with E-state index >= 15 is 0 Å². The maximum Gasteiger partial charge on any atom is 0.342 e. The van der Waals surface area contributed by atoms with Gasteiger partial charge in [0.05, 0.1) is 18.3 Å². The van der Waals surface area contributed by atoms with Gasteiger partial charge in [-0.15, -0.1) is 0 Å². The van der Waals surface area contributed by atoms with Crippen LogP contribution in [0.15, 0.2) is 60.7 Å². The van der Waals surface area contributed by atoms with Gasteiger partial charge in [-0.2, -0.15) is 0 Å². The highest BCUT2D eigenvalue weighted by atomic mass is 16.8. The van der Waals surface area contributed by atoms with E-state index in [1.165, 1.54) is 7.11 Å². The summed E-state index contributed by atoms with van der Waals surface area (Å²) in [6.07, 6.45) is 7.04.